The molecule has 2 rings (SSSR count). The van der Waals surface area contributed by atoms with E-state index >= 15 is 0 Å². The minimum atomic E-state index is -0.504. The molecule has 0 spiro atoms. The lowest BCUT2D eigenvalue weighted by Gasteiger charge is -1.99. The number of halogens is 1. The van der Waals surface area contributed by atoms with Gasteiger partial charge in [-0.2, -0.15) is 5.10 Å². The Balaban J connectivity index is 2.07. The summed E-state index contributed by atoms with van der Waals surface area (Å²) in [5, 5.41) is 14.6. The van der Waals surface area contributed by atoms with Gasteiger partial charge in [-0.3, -0.25) is 19.9 Å². The van der Waals surface area contributed by atoms with Crippen LogP contribution in [0, 0.1) is 10.1 Å². The zero-order valence-electron chi connectivity index (χ0n) is 10.6. The molecule has 106 valence electrons. The van der Waals surface area contributed by atoms with Crippen molar-refractivity contribution < 1.29 is 9.72 Å². The van der Waals surface area contributed by atoms with Crippen molar-refractivity contribution in [3.8, 4) is 0 Å². The average molecular weight is 349 g/mol. The molecule has 1 N–H and O–H groups in total. The Morgan fingerprint density at radius 2 is 2.24 bits per heavy atom. The Labute approximate surface area is 128 Å². The summed E-state index contributed by atoms with van der Waals surface area (Å²) in [5.74, 6) is -0.411. The van der Waals surface area contributed by atoms with E-state index in [9.17, 15) is 14.9 Å². The highest BCUT2D eigenvalue weighted by Gasteiger charge is 2.11. The van der Waals surface area contributed by atoms with Crippen LogP contribution in [0.1, 0.15) is 15.9 Å². The highest BCUT2D eigenvalue weighted by molar-refractivity contribution is 9.10. The van der Waals surface area contributed by atoms with Crippen LogP contribution >= 0.6 is 15.9 Å². The molecule has 8 heteroatoms. The number of nitro groups is 1. The molecule has 0 saturated carbocycles. The lowest BCUT2D eigenvalue weighted by Crippen LogP contribution is -2.17. The van der Waals surface area contributed by atoms with Gasteiger partial charge in [0.05, 0.1) is 21.2 Å². The number of hydrogen-bond acceptors (Lipinski definition) is 5. The first kappa shape index (κ1) is 14.8. The van der Waals surface area contributed by atoms with Crippen molar-refractivity contribution in [1.29, 1.82) is 0 Å². The van der Waals surface area contributed by atoms with Gasteiger partial charge in [-0.25, -0.2) is 5.43 Å². The molecule has 0 saturated heterocycles. The van der Waals surface area contributed by atoms with E-state index in [1.54, 1.807) is 30.5 Å². The number of benzene rings is 1. The molecule has 2 aromatic rings. The number of nitrogens with zero attached hydrogens (tertiary/aromatic N) is 3. The van der Waals surface area contributed by atoms with Crippen molar-refractivity contribution >= 4 is 33.7 Å². The minimum Gasteiger partial charge on any atom is -0.267 e. The summed E-state index contributed by atoms with van der Waals surface area (Å²) in [6.45, 7) is 0. The van der Waals surface area contributed by atoms with E-state index in [2.05, 4.69) is 31.4 Å². The van der Waals surface area contributed by atoms with Crippen molar-refractivity contribution in [3.63, 3.8) is 0 Å². The largest absolute Gasteiger partial charge is 0.284 e. The Hall–Kier alpha value is -2.61. The summed E-state index contributed by atoms with van der Waals surface area (Å²) < 4.78 is 0.379. The molecular weight excluding hydrogens is 340 g/mol. The van der Waals surface area contributed by atoms with E-state index < -0.39 is 10.8 Å². The Bertz CT molecular complexity index is 704. The van der Waals surface area contributed by atoms with Gasteiger partial charge in [-0.15, -0.1) is 0 Å². The van der Waals surface area contributed by atoms with Crippen LogP contribution < -0.4 is 5.43 Å². The Morgan fingerprint density at radius 3 is 2.90 bits per heavy atom. The predicted octanol–water partition coefficient (Wildman–Crippen LogP) is 2.52. The first-order valence-electron chi connectivity index (χ1n) is 5.75. The highest BCUT2D eigenvalue weighted by atomic mass is 79.9. The average Bonchev–Trinajstić information content (AvgIpc) is 2.49. The van der Waals surface area contributed by atoms with Crippen molar-refractivity contribution in [2.45, 2.75) is 0 Å². The topological polar surface area (TPSA) is 97.5 Å². The molecule has 0 aliphatic carbocycles. The number of aromatic nitrogens is 1. The van der Waals surface area contributed by atoms with Gasteiger partial charge in [0.25, 0.3) is 11.6 Å². The molecule has 0 aliphatic rings. The normalized spacial score (nSPS) is 10.5. The first-order chi connectivity index (χ1) is 10.1. The molecule has 0 fully saturated rings. The van der Waals surface area contributed by atoms with Gasteiger partial charge < -0.3 is 0 Å². The monoisotopic (exact) mass is 348 g/mol. The van der Waals surface area contributed by atoms with Crippen LogP contribution in [0.25, 0.3) is 0 Å². The number of rotatable bonds is 4. The SMILES string of the molecule is O=C(N/N=C/c1ccc(Br)c([N+](=O)[O-])c1)c1cccnc1. The van der Waals surface area contributed by atoms with Gasteiger partial charge in [-0.1, -0.05) is 6.07 Å². The molecule has 0 atom stereocenters. The number of nitrogens with one attached hydrogen (secondary N) is 1. The second-order valence-corrected chi connectivity index (χ2v) is 4.76. The van der Waals surface area contributed by atoms with Crippen LogP contribution in [0.4, 0.5) is 5.69 Å². The molecule has 1 aromatic carbocycles. The molecule has 0 radical (unpaired) electrons. The fourth-order valence-electron chi connectivity index (χ4n) is 1.48. The summed E-state index contributed by atoms with van der Waals surface area (Å²) in [6.07, 6.45) is 4.30. The van der Waals surface area contributed by atoms with Gasteiger partial charge in [0.1, 0.15) is 0 Å². The lowest BCUT2D eigenvalue weighted by atomic mass is 10.2. The van der Waals surface area contributed by atoms with Crippen molar-refractivity contribution in [2.24, 2.45) is 5.10 Å². The number of hydrazone groups is 1. The highest BCUT2D eigenvalue weighted by Crippen LogP contribution is 2.24. The summed E-state index contributed by atoms with van der Waals surface area (Å²) in [5.41, 5.74) is 3.12. The maximum Gasteiger partial charge on any atom is 0.284 e. The smallest absolute Gasteiger partial charge is 0.267 e. The first-order valence-corrected chi connectivity index (χ1v) is 6.54. The van der Waals surface area contributed by atoms with E-state index in [0.717, 1.165) is 0 Å². The van der Waals surface area contributed by atoms with E-state index in [-0.39, 0.29) is 5.69 Å². The van der Waals surface area contributed by atoms with Gasteiger partial charge >= 0.3 is 0 Å². The van der Waals surface area contributed by atoms with Gasteiger partial charge in [0, 0.05) is 24.0 Å². The third-order valence-electron chi connectivity index (χ3n) is 2.47. The third-order valence-corrected chi connectivity index (χ3v) is 3.14. The molecule has 21 heavy (non-hydrogen) atoms. The number of hydrogen-bond donors (Lipinski definition) is 1. The standard InChI is InChI=1S/C13H9BrN4O3/c14-11-4-3-9(6-12(11)18(20)21)7-16-17-13(19)10-2-1-5-15-8-10/h1-8H,(H,17,19)/b16-7+. The third kappa shape index (κ3) is 3.93. The minimum absolute atomic E-state index is 0.0717. The summed E-state index contributed by atoms with van der Waals surface area (Å²) >= 11 is 3.09. The van der Waals surface area contributed by atoms with Crippen LogP contribution in [0.15, 0.2) is 52.3 Å². The van der Waals surface area contributed by atoms with Gasteiger partial charge in [0.2, 0.25) is 0 Å². The number of carbonyl (C=O) groups excluding carboxylic acids is 1. The Morgan fingerprint density at radius 1 is 1.43 bits per heavy atom. The predicted molar refractivity (Wildman–Crippen MR) is 80.1 cm³/mol. The van der Waals surface area contributed by atoms with E-state index in [1.165, 1.54) is 18.5 Å². The summed E-state index contributed by atoms with van der Waals surface area (Å²) in [6, 6.07) is 7.77. The van der Waals surface area contributed by atoms with E-state index in [4.69, 9.17) is 0 Å². The van der Waals surface area contributed by atoms with Crippen LogP contribution in [0.3, 0.4) is 0 Å². The zero-order chi connectivity index (χ0) is 15.2. The molecule has 1 heterocycles. The van der Waals surface area contributed by atoms with Crippen LogP contribution in [0.2, 0.25) is 0 Å². The molecular formula is C13H9BrN4O3. The molecule has 7 nitrogen and oxygen atoms in total. The van der Waals surface area contributed by atoms with Crippen LogP contribution in [-0.4, -0.2) is 22.0 Å². The van der Waals surface area contributed by atoms with Crippen LogP contribution in [-0.2, 0) is 0 Å². The molecule has 0 aliphatic heterocycles. The van der Waals surface area contributed by atoms with E-state index in [0.29, 0.717) is 15.6 Å². The number of nitro benzene ring substituents is 1. The maximum atomic E-state index is 11.7. The van der Waals surface area contributed by atoms with Crippen molar-refractivity contribution in [1.82, 2.24) is 10.4 Å². The maximum absolute atomic E-state index is 11.7. The second-order valence-electron chi connectivity index (χ2n) is 3.91. The van der Waals surface area contributed by atoms with Gasteiger partial charge in [-0.05, 0) is 34.1 Å². The molecule has 1 amide bonds. The van der Waals surface area contributed by atoms with Gasteiger partial charge in [0.15, 0.2) is 0 Å². The number of amides is 1. The molecule has 0 unspecified atom stereocenters. The second kappa shape index (κ2) is 6.71. The Kier molecular flexibility index (Phi) is 4.72. The molecule has 1 aromatic heterocycles. The van der Waals surface area contributed by atoms with Crippen molar-refractivity contribution in [2.75, 3.05) is 0 Å². The number of pyridine rings is 1. The fourth-order valence-corrected chi connectivity index (χ4v) is 1.87. The lowest BCUT2D eigenvalue weighted by molar-refractivity contribution is -0.385. The van der Waals surface area contributed by atoms with E-state index in [1.807, 2.05) is 0 Å². The van der Waals surface area contributed by atoms with Crippen LogP contribution in [0.5, 0.6) is 0 Å². The summed E-state index contributed by atoms with van der Waals surface area (Å²) in [4.78, 5) is 25.8. The summed E-state index contributed by atoms with van der Waals surface area (Å²) in [7, 11) is 0. The number of carbonyl (C=O) groups is 1. The fraction of sp³-hybridized carbons (Fsp3) is 0. The van der Waals surface area contributed by atoms with Crippen molar-refractivity contribution in [3.05, 3.63) is 68.4 Å². The zero-order valence-corrected chi connectivity index (χ0v) is 12.1. The quantitative estimate of drug-likeness (QED) is 0.521. The molecule has 0 bridgehead atoms.